The molecule has 1 amide bonds. The van der Waals surface area contributed by atoms with E-state index in [9.17, 15) is 9.59 Å². The molecule has 8 heteroatoms. The molecule has 2 aromatic carbocycles. The van der Waals surface area contributed by atoms with Crippen LogP contribution in [0.25, 0.3) is 0 Å². The summed E-state index contributed by atoms with van der Waals surface area (Å²) < 4.78 is 15.6. The molecule has 0 fully saturated rings. The Balaban J connectivity index is 1.72. The lowest BCUT2D eigenvalue weighted by molar-refractivity contribution is -0.124. The van der Waals surface area contributed by atoms with E-state index in [2.05, 4.69) is 5.32 Å². The number of methoxy groups -OCH3 is 1. The molecule has 6 nitrogen and oxygen atoms in total. The van der Waals surface area contributed by atoms with E-state index in [1.54, 1.807) is 25.3 Å². The van der Waals surface area contributed by atoms with E-state index >= 15 is 0 Å². The molecule has 0 saturated carbocycles. The van der Waals surface area contributed by atoms with Crippen LogP contribution in [0.3, 0.4) is 0 Å². The molecule has 2 aromatic rings. The lowest BCUT2D eigenvalue weighted by Crippen LogP contribution is -2.32. The highest BCUT2D eigenvalue weighted by Crippen LogP contribution is 2.25. The van der Waals surface area contributed by atoms with Gasteiger partial charge in [0.05, 0.1) is 24.2 Å². The first-order chi connectivity index (χ1) is 12.5. The minimum Gasteiger partial charge on any atom is -0.493 e. The summed E-state index contributed by atoms with van der Waals surface area (Å²) in [7, 11) is 1.55. The van der Waals surface area contributed by atoms with Crippen molar-refractivity contribution < 1.29 is 23.8 Å². The Morgan fingerprint density at radius 2 is 1.81 bits per heavy atom. The highest BCUT2D eigenvalue weighted by Gasteiger charge is 2.14. The van der Waals surface area contributed by atoms with E-state index in [1.165, 1.54) is 12.1 Å². The predicted octanol–water partition coefficient (Wildman–Crippen LogP) is 3.35. The van der Waals surface area contributed by atoms with Gasteiger partial charge >= 0.3 is 5.97 Å². The van der Waals surface area contributed by atoms with E-state index < -0.39 is 18.5 Å². The zero-order valence-electron chi connectivity index (χ0n) is 14.0. The molecule has 0 spiro atoms. The van der Waals surface area contributed by atoms with Crippen molar-refractivity contribution in [2.75, 3.05) is 26.9 Å². The Bertz CT molecular complexity index is 782. The second kappa shape index (κ2) is 9.89. The summed E-state index contributed by atoms with van der Waals surface area (Å²) in [6.07, 6.45) is 0. The maximum Gasteiger partial charge on any atom is 0.340 e. The Morgan fingerprint density at radius 3 is 2.54 bits per heavy atom. The fraction of sp³-hybridized carbons (Fsp3) is 0.222. The van der Waals surface area contributed by atoms with Gasteiger partial charge in [-0.2, -0.15) is 0 Å². The van der Waals surface area contributed by atoms with Crippen molar-refractivity contribution in [2.45, 2.75) is 0 Å². The number of amides is 1. The molecule has 0 saturated heterocycles. The topological polar surface area (TPSA) is 73.9 Å². The number of esters is 1. The number of hydrogen-bond donors (Lipinski definition) is 1. The fourth-order valence-corrected chi connectivity index (χ4v) is 2.37. The van der Waals surface area contributed by atoms with Crippen molar-refractivity contribution in [3.8, 4) is 11.5 Å². The van der Waals surface area contributed by atoms with E-state index in [-0.39, 0.29) is 23.7 Å². The molecule has 1 N–H and O–H groups in total. The second-order valence-electron chi connectivity index (χ2n) is 5.05. The molecular formula is C18H17Cl2NO5. The summed E-state index contributed by atoms with van der Waals surface area (Å²) in [4.78, 5) is 23.7. The number of carbonyl (C=O) groups is 2. The maximum absolute atomic E-state index is 11.9. The molecule has 0 radical (unpaired) electrons. The van der Waals surface area contributed by atoms with E-state index in [1.807, 2.05) is 12.1 Å². The molecule has 0 bridgehead atoms. The third-order valence-corrected chi connectivity index (χ3v) is 3.80. The number of halogens is 2. The first-order valence-electron chi connectivity index (χ1n) is 7.66. The summed E-state index contributed by atoms with van der Waals surface area (Å²) in [6, 6.07) is 11.6. The van der Waals surface area contributed by atoms with Crippen LogP contribution in [0.1, 0.15) is 10.4 Å². The number of carbonyl (C=O) groups excluding carboxylic acids is 2. The Hall–Kier alpha value is -2.44. The minimum atomic E-state index is -0.724. The number of ether oxygens (including phenoxy) is 3. The molecule has 0 atom stereocenters. The van der Waals surface area contributed by atoms with Crippen LogP contribution in [0, 0.1) is 0 Å². The first kappa shape index (κ1) is 19.9. The highest BCUT2D eigenvalue weighted by molar-refractivity contribution is 6.35. The van der Waals surface area contributed by atoms with Gasteiger partial charge in [0.1, 0.15) is 6.61 Å². The van der Waals surface area contributed by atoms with Gasteiger partial charge < -0.3 is 19.5 Å². The van der Waals surface area contributed by atoms with Crippen LogP contribution in [0.5, 0.6) is 11.5 Å². The average molecular weight is 398 g/mol. The van der Waals surface area contributed by atoms with Gasteiger partial charge in [0.15, 0.2) is 18.1 Å². The third-order valence-electron chi connectivity index (χ3n) is 3.23. The summed E-state index contributed by atoms with van der Waals surface area (Å²) >= 11 is 11.7. The van der Waals surface area contributed by atoms with E-state index in [0.717, 1.165) is 0 Å². The van der Waals surface area contributed by atoms with Gasteiger partial charge in [-0.15, -0.1) is 0 Å². The van der Waals surface area contributed by atoms with Crippen LogP contribution in [0.2, 0.25) is 10.0 Å². The van der Waals surface area contributed by atoms with Gasteiger partial charge in [-0.25, -0.2) is 4.79 Å². The van der Waals surface area contributed by atoms with Crippen LogP contribution >= 0.6 is 23.2 Å². The molecule has 0 unspecified atom stereocenters. The van der Waals surface area contributed by atoms with Gasteiger partial charge in [-0.1, -0.05) is 35.3 Å². The van der Waals surface area contributed by atoms with Gasteiger partial charge in [-0.3, -0.25) is 4.79 Å². The van der Waals surface area contributed by atoms with Crippen molar-refractivity contribution in [2.24, 2.45) is 0 Å². The van der Waals surface area contributed by atoms with Gasteiger partial charge in [0, 0.05) is 5.02 Å². The van der Waals surface area contributed by atoms with E-state index in [0.29, 0.717) is 16.5 Å². The van der Waals surface area contributed by atoms with Crippen LogP contribution in [-0.2, 0) is 9.53 Å². The first-order valence-corrected chi connectivity index (χ1v) is 8.41. The lowest BCUT2D eigenvalue weighted by atomic mass is 10.2. The average Bonchev–Trinajstić information content (AvgIpc) is 2.65. The van der Waals surface area contributed by atoms with Crippen molar-refractivity contribution in [1.82, 2.24) is 5.32 Å². The maximum atomic E-state index is 11.9. The van der Waals surface area contributed by atoms with Crippen LogP contribution in [-0.4, -0.2) is 38.7 Å². The zero-order chi connectivity index (χ0) is 18.9. The van der Waals surface area contributed by atoms with Gasteiger partial charge in [0.2, 0.25) is 0 Å². The van der Waals surface area contributed by atoms with Crippen molar-refractivity contribution in [3.63, 3.8) is 0 Å². The van der Waals surface area contributed by atoms with Crippen LogP contribution in [0.15, 0.2) is 42.5 Å². The Kier molecular flexibility index (Phi) is 7.56. The smallest absolute Gasteiger partial charge is 0.340 e. The molecule has 0 aromatic heterocycles. The Labute approximate surface area is 160 Å². The molecular weight excluding hydrogens is 381 g/mol. The normalized spacial score (nSPS) is 10.1. The van der Waals surface area contributed by atoms with Gasteiger partial charge in [0.25, 0.3) is 5.91 Å². The second-order valence-corrected chi connectivity index (χ2v) is 5.89. The van der Waals surface area contributed by atoms with E-state index in [4.69, 9.17) is 37.4 Å². The SMILES string of the molecule is COc1ccccc1OCCNC(=O)COC(=O)c1cc(Cl)ccc1Cl. The standard InChI is InChI=1S/C18H17Cl2NO5/c1-24-15-4-2-3-5-16(15)25-9-8-21-17(22)11-26-18(23)13-10-12(19)6-7-14(13)20/h2-7,10H,8-9,11H2,1H3,(H,21,22). The molecule has 2 rings (SSSR count). The Morgan fingerprint density at radius 1 is 1.08 bits per heavy atom. The zero-order valence-corrected chi connectivity index (χ0v) is 15.5. The highest BCUT2D eigenvalue weighted by atomic mass is 35.5. The predicted molar refractivity (Wildman–Crippen MR) is 98.2 cm³/mol. The van der Waals surface area contributed by atoms with Crippen LogP contribution < -0.4 is 14.8 Å². The summed E-state index contributed by atoms with van der Waals surface area (Å²) in [5.41, 5.74) is 0.103. The minimum absolute atomic E-state index is 0.103. The molecule has 0 aliphatic rings. The molecule has 26 heavy (non-hydrogen) atoms. The van der Waals surface area contributed by atoms with Crippen molar-refractivity contribution >= 4 is 35.1 Å². The number of para-hydroxylation sites is 2. The molecule has 0 heterocycles. The van der Waals surface area contributed by atoms with Crippen molar-refractivity contribution in [3.05, 3.63) is 58.1 Å². The number of nitrogens with one attached hydrogen (secondary N) is 1. The number of hydrogen-bond acceptors (Lipinski definition) is 5. The monoisotopic (exact) mass is 397 g/mol. The molecule has 0 aliphatic carbocycles. The number of benzene rings is 2. The van der Waals surface area contributed by atoms with Crippen LogP contribution in [0.4, 0.5) is 0 Å². The molecule has 138 valence electrons. The van der Waals surface area contributed by atoms with Gasteiger partial charge in [-0.05, 0) is 30.3 Å². The molecule has 0 aliphatic heterocycles. The summed E-state index contributed by atoms with van der Waals surface area (Å²) in [5, 5.41) is 3.13. The quantitative estimate of drug-likeness (QED) is 0.545. The van der Waals surface area contributed by atoms with Crippen molar-refractivity contribution in [1.29, 1.82) is 0 Å². The largest absolute Gasteiger partial charge is 0.493 e. The third kappa shape index (κ3) is 5.82. The summed E-state index contributed by atoms with van der Waals surface area (Å²) in [5.74, 6) is -0.00418. The number of rotatable bonds is 8. The fourth-order valence-electron chi connectivity index (χ4n) is 2.00. The summed E-state index contributed by atoms with van der Waals surface area (Å²) in [6.45, 7) is 0.0445. The lowest BCUT2D eigenvalue weighted by Gasteiger charge is -2.11.